The Hall–Kier alpha value is -3.48. The first-order valence-electron chi connectivity index (χ1n) is 9.59. The maximum atomic E-state index is 13.8. The number of halogens is 1. The average Bonchev–Trinajstić information content (AvgIpc) is 3.32. The predicted molar refractivity (Wildman–Crippen MR) is 110 cm³/mol. The van der Waals surface area contributed by atoms with E-state index in [2.05, 4.69) is 15.4 Å². The molecule has 1 unspecified atom stereocenters. The van der Waals surface area contributed by atoms with E-state index in [9.17, 15) is 9.18 Å². The summed E-state index contributed by atoms with van der Waals surface area (Å²) in [4.78, 5) is 17.5. The molecule has 0 bridgehead atoms. The van der Waals surface area contributed by atoms with Gasteiger partial charge in [0.1, 0.15) is 17.7 Å². The number of anilines is 1. The molecule has 1 N–H and O–H groups in total. The second kappa shape index (κ2) is 7.87. The van der Waals surface area contributed by atoms with Gasteiger partial charge in [-0.15, -0.1) is 0 Å². The summed E-state index contributed by atoms with van der Waals surface area (Å²) in [7, 11) is 0. The molecule has 0 saturated carbocycles. The number of hydrogen-bond donors (Lipinski definition) is 1. The normalized spacial score (nSPS) is 12.2. The summed E-state index contributed by atoms with van der Waals surface area (Å²) in [6.45, 7) is 4.17. The van der Waals surface area contributed by atoms with Crippen molar-refractivity contribution in [2.75, 3.05) is 5.32 Å². The molecule has 2 aromatic carbocycles. The van der Waals surface area contributed by atoms with Crippen LogP contribution < -0.4 is 5.32 Å². The van der Waals surface area contributed by atoms with Crippen molar-refractivity contribution in [2.24, 2.45) is 0 Å². The second-order valence-electron chi connectivity index (χ2n) is 6.92. The predicted octanol–water partition coefficient (Wildman–Crippen LogP) is 4.18. The number of para-hydroxylation sites is 2. The lowest BCUT2D eigenvalue weighted by atomic mass is 10.2. The Morgan fingerprint density at radius 2 is 1.93 bits per heavy atom. The number of rotatable bonds is 6. The first kappa shape index (κ1) is 18.9. The van der Waals surface area contributed by atoms with Crippen LogP contribution in [0.5, 0.6) is 0 Å². The van der Waals surface area contributed by atoms with Crippen LogP contribution in [-0.4, -0.2) is 25.2 Å². The Bertz CT molecular complexity index is 1160. The number of hydrogen-bond acceptors (Lipinski definition) is 3. The molecule has 0 aliphatic rings. The first-order valence-corrected chi connectivity index (χ1v) is 9.59. The summed E-state index contributed by atoms with van der Waals surface area (Å²) in [6, 6.07) is 13.9. The SMILES string of the molecule is CCc1nc2ccccc2n1C(C)C(=O)Nc1cnn(Cc2ccccc2F)c1. The standard InChI is InChI=1S/C22H22FN5O/c1-3-21-26-19-10-6-7-11-20(19)28(21)15(2)22(29)25-17-12-24-27(14-17)13-16-8-4-5-9-18(16)23/h4-12,14-15H,3,13H2,1-2H3,(H,25,29). The van der Waals surface area contributed by atoms with Crippen molar-refractivity contribution >= 4 is 22.6 Å². The Labute approximate surface area is 168 Å². The zero-order valence-electron chi connectivity index (χ0n) is 16.3. The Balaban J connectivity index is 1.52. The lowest BCUT2D eigenvalue weighted by molar-refractivity contribution is -0.118. The van der Waals surface area contributed by atoms with Crippen LogP contribution in [0.25, 0.3) is 11.0 Å². The molecule has 0 spiro atoms. The smallest absolute Gasteiger partial charge is 0.247 e. The van der Waals surface area contributed by atoms with Crippen LogP contribution >= 0.6 is 0 Å². The fraction of sp³-hybridized carbons (Fsp3) is 0.227. The van der Waals surface area contributed by atoms with Crippen molar-refractivity contribution in [3.05, 3.63) is 78.1 Å². The third-order valence-electron chi connectivity index (χ3n) is 4.94. The van der Waals surface area contributed by atoms with Gasteiger partial charge in [-0.05, 0) is 25.1 Å². The number of aromatic nitrogens is 4. The molecule has 0 saturated heterocycles. The monoisotopic (exact) mass is 391 g/mol. The molecule has 0 aliphatic heterocycles. The number of imidazole rings is 1. The van der Waals surface area contributed by atoms with Gasteiger partial charge in [-0.3, -0.25) is 9.48 Å². The molecule has 29 heavy (non-hydrogen) atoms. The van der Waals surface area contributed by atoms with Gasteiger partial charge in [0.05, 0.1) is 29.5 Å². The quantitative estimate of drug-likeness (QED) is 0.536. The molecule has 0 fully saturated rings. The van der Waals surface area contributed by atoms with E-state index in [1.54, 1.807) is 35.3 Å². The molecular weight excluding hydrogens is 369 g/mol. The van der Waals surface area contributed by atoms with Gasteiger partial charge in [0, 0.05) is 18.2 Å². The number of nitrogens with one attached hydrogen (secondary N) is 1. The number of nitrogens with zero attached hydrogens (tertiary/aromatic N) is 4. The average molecular weight is 391 g/mol. The van der Waals surface area contributed by atoms with E-state index in [4.69, 9.17) is 0 Å². The minimum atomic E-state index is -0.438. The molecule has 1 amide bonds. The minimum absolute atomic E-state index is 0.159. The van der Waals surface area contributed by atoms with Gasteiger partial charge in [0.2, 0.25) is 5.91 Å². The molecule has 148 valence electrons. The van der Waals surface area contributed by atoms with Crippen LogP contribution in [0.4, 0.5) is 10.1 Å². The molecule has 1 atom stereocenters. The van der Waals surface area contributed by atoms with E-state index in [1.807, 2.05) is 42.7 Å². The highest BCUT2D eigenvalue weighted by atomic mass is 19.1. The van der Waals surface area contributed by atoms with Crippen molar-refractivity contribution in [3.63, 3.8) is 0 Å². The Kier molecular flexibility index (Phi) is 5.12. The number of aryl methyl sites for hydroxylation is 1. The topological polar surface area (TPSA) is 64.7 Å². The summed E-state index contributed by atoms with van der Waals surface area (Å²) in [5, 5.41) is 7.13. The summed E-state index contributed by atoms with van der Waals surface area (Å²) in [5.74, 6) is 0.429. The van der Waals surface area contributed by atoms with Crippen LogP contribution in [0.3, 0.4) is 0 Å². The molecule has 0 aliphatic carbocycles. The molecule has 0 radical (unpaired) electrons. The van der Waals surface area contributed by atoms with Crippen molar-refractivity contribution in [2.45, 2.75) is 32.9 Å². The van der Waals surface area contributed by atoms with Crippen LogP contribution in [-0.2, 0) is 17.8 Å². The van der Waals surface area contributed by atoms with Gasteiger partial charge in [-0.1, -0.05) is 37.3 Å². The van der Waals surface area contributed by atoms with E-state index in [0.29, 0.717) is 17.8 Å². The largest absolute Gasteiger partial charge is 0.322 e. The van der Waals surface area contributed by atoms with Crippen LogP contribution in [0.1, 0.15) is 31.3 Å². The summed E-state index contributed by atoms with van der Waals surface area (Å²) < 4.78 is 17.4. The van der Waals surface area contributed by atoms with Crippen molar-refractivity contribution in [3.8, 4) is 0 Å². The highest BCUT2D eigenvalue weighted by molar-refractivity contribution is 5.94. The molecule has 2 heterocycles. The van der Waals surface area contributed by atoms with Crippen LogP contribution in [0, 0.1) is 5.82 Å². The molecule has 4 aromatic rings. The van der Waals surface area contributed by atoms with E-state index >= 15 is 0 Å². The van der Waals surface area contributed by atoms with Gasteiger partial charge in [-0.2, -0.15) is 5.10 Å². The first-order chi connectivity index (χ1) is 14.1. The number of benzene rings is 2. The van der Waals surface area contributed by atoms with Crippen LogP contribution in [0.2, 0.25) is 0 Å². The van der Waals surface area contributed by atoms with Crippen molar-refractivity contribution in [1.82, 2.24) is 19.3 Å². The fourth-order valence-corrected chi connectivity index (χ4v) is 3.46. The zero-order chi connectivity index (χ0) is 20.4. The van der Waals surface area contributed by atoms with Gasteiger partial charge in [0.25, 0.3) is 0 Å². The molecule has 4 rings (SSSR count). The van der Waals surface area contributed by atoms with Gasteiger partial charge in [-0.25, -0.2) is 9.37 Å². The van der Waals surface area contributed by atoms with Gasteiger partial charge >= 0.3 is 0 Å². The highest BCUT2D eigenvalue weighted by Crippen LogP contribution is 2.23. The highest BCUT2D eigenvalue weighted by Gasteiger charge is 2.21. The Morgan fingerprint density at radius 1 is 1.17 bits per heavy atom. The van der Waals surface area contributed by atoms with Gasteiger partial charge < -0.3 is 9.88 Å². The van der Waals surface area contributed by atoms with Crippen LogP contribution in [0.15, 0.2) is 60.9 Å². The van der Waals surface area contributed by atoms with E-state index in [-0.39, 0.29) is 11.7 Å². The Morgan fingerprint density at radius 3 is 2.72 bits per heavy atom. The maximum Gasteiger partial charge on any atom is 0.247 e. The lowest BCUT2D eigenvalue weighted by Gasteiger charge is -2.16. The van der Waals surface area contributed by atoms with Crippen molar-refractivity contribution in [1.29, 1.82) is 0 Å². The number of amides is 1. The molecule has 2 aromatic heterocycles. The van der Waals surface area contributed by atoms with E-state index in [1.165, 1.54) is 6.07 Å². The fourth-order valence-electron chi connectivity index (χ4n) is 3.46. The number of fused-ring (bicyclic) bond motifs is 1. The third-order valence-corrected chi connectivity index (χ3v) is 4.94. The molecular formula is C22H22FN5O. The summed E-state index contributed by atoms with van der Waals surface area (Å²) in [5.41, 5.74) is 2.92. The maximum absolute atomic E-state index is 13.8. The third kappa shape index (κ3) is 3.76. The summed E-state index contributed by atoms with van der Waals surface area (Å²) >= 11 is 0. The number of carbonyl (C=O) groups excluding carboxylic acids is 1. The number of carbonyl (C=O) groups is 1. The molecule has 7 heteroatoms. The minimum Gasteiger partial charge on any atom is -0.322 e. The van der Waals surface area contributed by atoms with Crippen molar-refractivity contribution < 1.29 is 9.18 Å². The summed E-state index contributed by atoms with van der Waals surface area (Å²) in [6.07, 6.45) is 3.99. The lowest BCUT2D eigenvalue weighted by Crippen LogP contribution is -2.24. The van der Waals surface area contributed by atoms with E-state index in [0.717, 1.165) is 23.3 Å². The molecule has 6 nitrogen and oxygen atoms in total. The van der Waals surface area contributed by atoms with E-state index < -0.39 is 6.04 Å². The van der Waals surface area contributed by atoms with Gasteiger partial charge in [0.15, 0.2) is 0 Å². The second-order valence-corrected chi connectivity index (χ2v) is 6.92. The zero-order valence-corrected chi connectivity index (χ0v) is 16.3.